The second-order valence-electron chi connectivity index (χ2n) is 4.24. The van der Waals surface area contributed by atoms with Crippen molar-refractivity contribution in [2.24, 2.45) is 0 Å². The van der Waals surface area contributed by atoms with E-state index in [1.54, 1.807) is 11.5 Å². The van der Waals surface area contributed by atoms with Crippen molar-refractivity contribution in [2.45, 2.75) is 26.8 Å². The van der Waals surface area contributed by atoms with Crippen LogP contribution in [0, 0.1) is 18.6 Å². The van der Waals surface area contributed by atoms with Gasteiger partial charge in [0.15, 0.2) is 5.82 Å². The SMILES string of the molecule is Cc1cc(-c2nncn2C(C)C)c(F)cc1F. The van der Waals surface area contributed by atoms with E-state index in [9.17, 15) is 8.78 Å². The van der Waals surface area contributed by atoms with Gasteiger partial charge in [-0.15, -0.1) is 10.2 Å². The van der Waals surface area contributed by atoms with Gasteiger partial charge in [0.2, 0.25) is 0 Å². The summed E-state index contributed by atoms with van der Waals surface area (Å²) in [6, 6.07) is 2.45. The minimum absolute atomic E-state index is 0.116. The summed E-state index contributed by atoms with van der Waals surface area (Å²) in [6.45, 7) is 5.48. The molecule has 0 unspecified atom stereocenters. The first-order valence-electron chi connectivity index (χ1n) is 5.36. The summed E-state index contributed by atoms with van der Waals surface area (Å²) in [5.74, 6) is -0.759. The lowest BCUT2D eigenvalue weighted by atomic mass is 10.1. The van der Waals surface area contributed by atoms with E-state index >= 15 is 0 Å². The molecule has 0 amide bonds. The molecule has 0 fully saturated rings. The van der Waals surface area contributed by atoms with Gasteiger partial charge in [0.1, 0.15) is 18.0 Å². The maximum Gasteiger partial charge on any atom is 0.166 e. The largest absolute Gasteiger partial charge is 0.311 e. The normalized spacial score (nSPS) is 11.2. The summed E-state index contributed by atoms with van der Waals surface area (Å²) in [5, 5.41) is 7.66. The smallest absolute Gasteiger partial charge is 0.166 e. The molecule has 0 atom stereocenters. The second-order valence-corrected chi connectivity index (χ2v) is 4.24. The van der Waals surface area contributed by atoms with Crippen molar-refractivity contribution in [3.63, 3.8) is 0 Å². The molecular weight excluding hydrogens is 224 g/mol. The van der Waals surface area contributed by atoms with Crippen molar-refractivity contribution in [2.75, 3.05) is 0 Å². The van der Waals surface area contributed by atoms with Gasteiger partial charge in [0.05, 0.1) is 5.56 Å². The number of benzene rings is 1. The van der Waals surface area contributed by atoms with Gasteiger partial charge in [-0.05, 0) is 32.4 Å². The van der Waals surface area contributed by atoms with E-state index in [0.717, 1.165) is 6.07 Å². The first-order chi connectivity index (χ1) is 8.00. The van der Waals surface area contributed by atoms with E-state index < -0.39 is 11.6 Å². The van der Waals surface area contributed by atoms with Crippen molar-refractivity contribution in [3.8, 4) is 11.4 Å². The van der Waals surface area contributed by atoms with E-state index in [2.05, 4.69) is 10.2 Å². The molecule has 17 heavy (non-hydrogen) atoms. The molecule has 2 aromatic rings. The van der Waals surface area contributed by atoms with Crippen LogP contribution in [0.3, 0.4) is 0 Å². The third-order valence-corrected chi connectivity index (χ3v) is 2.62. The Morgan fingerprint density at radius 3 is 2.53 bits per heavy atom. The van der Waals surface area contributed by atoms with Gasteiger partial charge >= 0.3 is 0 Å². The zero-order chi connectivity index (χ0) is 12.6. The number of nitrogens with zero attached hydrogens (tertiary/aromatic N) is 3. The van der Waals surface area contributed by atoms with Crippen molar-refractivity contribution in [1.29, 1.82) is 0 Å². The average molecular weight is 237 g/mol. The molecule has 0 N–H and O–H groups in total. The first-order valence-corrected chi connectivity index (χ1v) is 5.36. The third kappa shape index (κ3) is 2.05. The molecule has 0 saturated heterocycles. The molecular formula is C12H13F2N3. The van der Waals surface area contributed by atoms with Crippen LogP contribution in [0.2, 0.25) is 0 Å². The Morgan fingerprint density at radius 2 is 1.88 bits per heavy atom. The molecule has 3 nitrogen and oxygen atoms in total. The highest BCUT2D eigenvalue weighted by atomic mass is 19.1. The lowest BCUT2D eigenvalue weighted by molar-refractivity contribution is 0.572. The lowest BCUT2D eigenvalue weighted by Gasteiger charge is -2.11. The summed E-state index contributed by atoms with van der Waals surface area (Å²) >= 11 is 0. The molecule has 5 heteroatoms. The van der Waals surface area contributed by atoms with Crippen LogP contribution in [0.5, 0.6) is 0 Å². The van der Waals surface area contributed by atoms with E-state index in [0.29, 0.717) is 11.4 Å². The highest BCUT2D eigenvalue weighted by Crippen LogP contribution is 2.25. The van der Waals surface area contributed by atoms with Crippen LogP contribution in [-0.4, -0.2) is 14.8 Å². The standard InChI is InChI=1S/C12H13F2N3/c1-7(2)17-6-15-16-12(17)9-4-8(3)10(13)5-11(9)14/h4-7H,1-3H3. The quantitative estimate of drug-likeness (QED) is 0.803. The third-order valence-electron chi connectivity index (χ3n) is 2.62. The molecule has 0 bridgehead atoms. The van der Waals surface area contributed by atoms with Gasteiger partial charge in [-0.25, -0.2) is 8.78 Å². The molecule has 0 aliphatic carbocycles. The molecule has 2 rings (SSSR count). The van der Waals surface area contributed by atoms with Gasteiger partial charge in [0, 0.05) is 12.1 Å². The predicted octanol–water partition coefficient (Wildman–Crippen LogP) is 3.11. The van der Waals surface area contributed by atoms with Crippen LogP contribution in [0.15, 0.2) is 18.5 Å². The Balaban J connectivity index is 2.60. The molecule has 0 aliphatic rings. The molecule has 90 valence electrons. The maximum absolute atomic E-state index is 13.7. The first kappa shape index (κ1) is 11.7. The maximum atomic E-state index is 13.7. The lowest BCUT2D eigenvalue weighted by Crippen LogP contribution is -2.03. The predicted molar refractivity (Wildman–Crippen MR) is 60.5 cm³/mol. The zero-order valence-electron chi connectivity index (χ0n) is 9.91. The zero-order valence-corrected chi connectivity index (χ0v) is 9.91. The molecule has 0 radical (unpaired) electrons. The van der Waals surface area contributed by atoms with Crippen molar-refractivity contribution < 1.29 is 8.78 Å². The average Bonchev–Trinajstić information content (AvgIpc) is 2.72. The molecule has 1 heterocycles. The Kier molecular flexibility index (Phi) is 2.92. The number of hydrogen-bond donors (Lipinski definition) is 0. The summed E-state index contributed by atoms with van der Waals surface area (Å²) in [5.41, 5.74) is 0.662. The van der Waals surface area contributed by atoms with Gasteiger partial charge < -0.3 is 4.57 Å². The van der Waals surface area contributed by atoms with Crippen molar-refractivity contribution in [3.05, 3.63) is 35.7 Å². The van der Waals surface area contributed by atoms with Crippen LogP contribution in [0.4, 0.5) is 8.78 Å². The number of aromatic nitrogens is 3. The van der Waals surface area contributed by atoms with Crippen molar-refractivity contribution >= 4 is 0 Å². The molecule has 1 aromatic heterocycles. The fourth-order valence-corrected chi connectivity index (χ4v) is 1.64. The highest BCUT2D eigenvalue weighted by Gasteiger charge is 2.15. The van der Waals surface area contributed by atoms with Crippen LogP contribution >= 0.6 is 0 Å². The Labute approximate surface area is 98.1 Å². The molecule has 0 spiro atoms. The van der Waals surface area contributed by atoms with E-state index in [-0.39, 0.29) is 11.6 Å². The van der Waals surface area contributed by atoms with Crippen LogP contribution < -0.4 is 0 Å². The summed E-state index contributed by atoms with van der Waals surface area (Å²) in [7, 11) is 0. The Hall–Kier alpha value is -1.78. The van der Waals surface area contributed by atoms with Crippen molar-refractivity contribution in [1.82, 2.24) is 14.8 Å². The number of aryl methyl sites for hydroxylation is 1. The minimum atomic E-state index is -0.622. The molecule has 0 saturated carbocycles. The number of halogens is 2. The number of hydrogen-bond acceptors (Lipinski definition) is 2. The van der Waals surface area contributed by atoms with Crippen LogP contribution in [-0.2, 0) is 0 Å². The van der Waals surface area contributed by atoms with Crippen LogP contribution in [0.25, 0.3) is 11.4 Å². The number of rotatable bonds is 2. The fourth-order valence-electron chi connectivity index (χ4n) is 1.64. The van der Waals surface area contributed by atoms with E-state index in [1.165, 1.54) is 12.4 Å². The summed E-state index contributed by atoms with van der Waals surface area (Å²) < 4.78 is 28.6. The van der Waals surface area contributed by atoms with Gasteiger partial charge in [0.25, 0.3) is 0 Å². The van der Waals surface area contributed by atoms with Gasteiger partial charge in [-0.1, -0.05) is 0 Å². The van der Waals surface area contributed by atoms with Crippen LogP contribution in [0.1, 0.15) is 25.5 Å². The molecule has 1 aromatic carbocycles. The molecule has 0 aliphatic heterocycles. The van der Waals surface area contributed by atoms with Gasteiger partial charge in [-0.3, -0.25) is 0 Å². The highest BCUT2D eigenvalue weighted by molar-refractivity contribution is 5.57. The monoisotopic (exact) mass is 237 g/mol. The Bertz CT molecular complexity index is 547. The fraction of sp³-hybridized carbons (Fsp3) is 0.333. The summed E-state index contributed by atoms with van der Waals surface area (Å²) in [4.78, 5) is 0. The van der Waals surface area contributed by atoms with Gasteiger partial charge in [-0.2, -0.15) is 0 Å². The minimum Gasteiger partial charge on any atom is -0.311 e. The Morgan fingerprint density at radius 1 is 1.18 bits per heavy atom. The van der Waals surface area contributed by atoms with E-state index in [4.69, 9.17) is 0 Å². The second kappa shape index (κ2) is 4.24. The summed E-state index contributed by atoms with van der Waals surface area (Å²) in [6.07, 6.45) is 1.54. The van der Waals surface area contributed by atoms with E-state index in [1.807, 2.05) is 13.8 Å². The topological polar surface area (TPSA) is 30.7 Å².